The van der Waals surface area contributed by atoms with Gasteiger partial charge >= 0.3 is 0 Å². The van der Waals surface area contributed by atoms with Gasteiger partial charge in [0.2, 0.25) is 5.69 Å². The molecule has 0 N–H and O–H groups in total. The van der Waals surface area contributed by atoms with Gasteiger partial charge in [-0.05, 0) is 102 Å². The third-order valence-electron chi connectivity index (χ3n) is 12.8. The zero-order chi connectivity index (χ0) is 41.9. The number of aromatic nitrogens is 2. The number of fused-ring (bicyclic) bond motifs is 6. The zero-order valence-electron chi connectivity index (χ0n) is 36.3. The van der Waals surface area contributed by atoms with Gasteiger partial charge in [0, 0.05) is 58.6 Å². The number of thioether (sulfide) groups is 2. The summed E-state index contributed by atoms with van der Waals surface area (Å²) in [4.78, 5) is 3.95. The molecular formula is C54H57N4S3+. The predicted octanol–water partition coefficient (Wildman–Crippen LogP) is 15.3. The van der Waals surface area contributed by atoms with Gasteiger partial charge in [-0.3, -0.25) is 0 Å². The van der Waals surface area contributed by atoms with Crippen molar-refractivity contribution in [2.75, 3.05) is 18.0 Å². The first-order valence-electron chi connectivity index (χ1n) is 22.3. The number of unbranched alkanes of at least 4 members (excludes halogenated alkanes) is 2. The van der Waals surface area contributed by atoms with Crippen LogP contribution in [0.15, 0.2) is 158 Å². The number of benzene rings is 5. The summed E-state index contributed by atoms with van der Waals surface area (Å²) in [6.07, 6.45) is 17.7. The maximum atomic E-state index is 4.79. The topological polar surface area (TPSA) is 32.0 Å². The van der Waals surface area contributed by atoms with Crippen LogP contribution in [0.4, 0.5) is 11.4 Å². The van der Waals surface area contributed by atoms with Gasteiger partial charge in [-0.25, -0.2) is 0 Å². The lowest BCUT2D eigenvalue weighted by Crippen LogP contribution is -2.28. The number of hydrogen-bond acceptors (Lipinski definition) is 6. The van der Waals surface area contributed by atoms with Crippen molar-refractivity contribution in [3.63, 3.8) is 0 Å². The molecule has 3 aliphatic rings. The smallest absolute Gasteiger partial charge is 0.210 e. The van der Waals surface area contributed by atoms with Crippen LogP contribution in [0, 0.1) is 0 Å². The summed E-state index contributed by atoms with van der Waals surface area (Å²) in [6.45, 7) is 13.9. The Balaban J connectivity index is 1.12. The van der Waals surface area contributed by atoms with Crippen LogP contribution in [-0.4, -0.2) is 33.6 Å². The second kappa shape index (κ2) is 18.3. The van der Waals surface area contributed by atoms with Crippen molar-refractivity contribution in [3.8, 4) is 0 Å². The van der Waals surface area contributed by atoms with Crippen molar-refractivity contribution in [2.45, 2.75) is 105 Å². The molecule has 0 saturated heterocycles. The molecule has 4 nitrogen and oxygen atoms in total. The number of hydrogen-bond donors (Lipinski definition) is 0. The molecule has 3 heterocycles. The van der Waals surface area contributed by atoms with Crippen molar-refractivity contribution in [1.82, 2.24) is 10.2 Å². The van der Waals surface area contributed by atoms with Crippen LogP contribution in [0.25, 0.3) is 21.5 Å². The molecule has 1 aromatic heterocycles. The SMILES string of the molecule is CCCCN1/C(=C/C=C2\CCCC(/C=C/C3=[N+](CCCC)c4ccc5ccccc5c4C3(C)C)=C2Sc2nnc(SCc3ccccc3)s2)C(C)c2c1ccc1ccccc21. The third-order valence-corrected chi connectivity index (χ3v) is 16.2. The van der Waals surface area contributed by atoms with E-state index in [0.717, 1.165) is 66.0 Å². The largest absolute Gasteiger partial charge is 0.344 e. The maximum absolute atomic E-state index is 4.79. The average Bonchev–Trinajstić information content (AvgIpc) is 3.92. The lowest BCUT2D eigenvalue weighted by Gasteiger charge is -2.23. The van der Waals surface area contributed by atoms with E-state index in [2.05, 4.69) is 177 Å². The highest BCUT2D eigenvalue weighted by Gasteiger charge is 2.45. The van der Waals surface area contributed by atoms with Crippen LogP contribution in [0.1, 0.15) is 102 Å². The second-order valence-corrected chi connectivity index (χ2v) is 20.6. The molecule has 7 heteroatoms. The van der Waals surface area contributed by atoms with Crippen LogP contribution in [0.3, 0.4) is 0 Å². The summed E-state index contributed by atoms with van der Waals surface area (Å²) in [5.74, 6) is 1.19. The van der Waals surface area contributed by atoms with Crippen LogP contribution < -0.4 is 4.90 Å². The van der Waals surface area contributed by atoms with Gasteiger partial charge in [-0.2, -0.15) is 4.58 Å². The molecule has 0 spiro atoms. The molecule has 0 fully saturated rings. The van der Waals surface area contributed by atoms with E-state index in [0.29, 0.717) is 5.92 Å². The molecule has 2 aliphatic heterocycles. The Morgan fingerprint density at radius 3 is 2.31 bits per heavy atom. The van der Waals surface area contributed by atoms with Gasteiger partial charge < -0.3 is 4.90 Å². The van der Waals surface area contributed by atoms with E-state index >= 15 is 0 Å². The molecule has 0 radical (unpaired) electrons. The summed E-state index contributed by atoms with van der Waals surface area (Å²) in [5.41, 5.74) is 12.4. The van der Waals surface area contributed by atoms with Crippen LogP contribution in [0.2, 0.25) is 0 Å². The van der Waals surface area contributed by atoms with Gasteiger partial charge in [0.25, 0.3) is 0 Å². The summed E-state index contributed by atoms with van der Waals surface area (Å²) < 4.78 is 4.64. The molecule has 0 amide bonds. The highest BCUT2D eigenvalue weighted by atomic mass is 32.2. The van der Waals surface area contributed by atoms with E-state index in [-0.39, 0.29) is 5.41 Å². The minimum atomic E-state index is -0.143. The summed E-state index contributed by atoms with van der Waals surface area (Å²) in [7, 11) is 0. The number of rotatable bonds is 14. The fourth-order valence-electron chi connectivity index (χ4n) is 9.71. The number of allylic oxidation sites excluding steroid dienone is 7. The Labute approximate surface area is 375 Å². The van der Waals surface area contributed by atoms with Gasteiger partial charge in [0.05, 0.1) is 5.41 Å². The van der Waals surface area contributed by atoms with E-state index < -0.39 is 0 Å². The number of nitrogens with zero attached hydrogens (tertiary/aromatic N) is 4. The van der Waals surface area contributed by atoms with E-state index in [4.69, 9.17) is 5.10 Å². The Morgan fingerprint density at radius 1 is 0.787 bits per heavy atom. The molecule has 61 heavy (non-hydrogen) atoms. The zero-order valence-corrected chi connectivity index (χ0v) is 38.7. The average molecular weight is 858 g/mol. The van der Waals surface area contributed by atoms with Crippen molar-refractivity contribution in [2.24, 2.45) is 0 Å². The van der Waals surface area contributed by atoms with Crippen LogP contribution in [0.5, 0.6) is 0 Å². The van der Waals surface area contributed by atoms with E-state index in [9.17, 15) is 0 Å². The molecule has 0 bridgehead atoms. The molecular weight excluding hydrogens is 801 g/mol. The Hall–Kier alpha value is -4.69. The van der Waals surface area contributed by atoms with Gasteiger partial charge in [-0.15, -0.1) is 10.2 Å². The van der Waals surface area contributed by atoms with E-state index in [1.165, 1.54) is 83.5 Å². The van der Waals surface area contributed by atoms with Crippen molar-refractivity contribution >= 4 is 73.5 Å². The Morgan fingerprint density at radius 2 is 1.51 bits per heavy atom. The fourth-order valence-corrected chi connectivity index (χ4v) is 12.9. The van der Waals surface area contributed by atoms with E-state index in [1.807, 2.05) is 11.8 Å². The summed E-state index contributed by atoms with van der Waals surface area (Å²) in [6, 6.07) is 37.8. The van der Waals surface area contributed by atoms with Crippen molar-refractivity contribution in [3.05, 3.63) is 166 Å². The molecule has 6 aromatic rings. The molecule has 0 saturated carbocycles. The molecule has 1 aliphatic carbocycles. The second-order valence-electron chi connectivity index (χ2n) is 17.2. The standard InChI is InChI=1S/C54H57N4S3/c1-6-8-34-57-45(37(3)49-43-24-15-13-20-39(43)26-31-46(49)57)30-28-41-22-17-23-42(51(41)60-53-56-55-52(61-53)59-36-38-18-11-10-12-19-38)29-33-48-54(4,5)50-44-25-16-14-21-40(44)27-32-47(50)58(48)35-9-7-2/h10-16,18-21,24-33,37H,6-9,17,22-23,34-36H2,1-5H3/q+1. The summed E-state index contributed by atoms with van der Waals surface area (Å²) in [5, 5.41) is 14.8. The first-order chi connectivity index (χ1) is 29.9. The third kappa shape index (κ3) is 8.34. The van der Waals surface area contributed by atoms with E-state index in [1.54, 1.807) is 23.1 Å². The summed E-state index contributed by atoms with van der Waals surface area (Å²) >= 11 is 5.32. The van der Waals surface area contributed by atoms with Crippen molar-refractivity contribution in [1.29, 1.82) is 0 Å². The van der Waals surface area contributed by atoms with Gasteiger partial charge in [0.15, 0.2) is 14.4 Å². The normalized spacial score (nSPS) is 18.8. The first kappa shape index (κ1) is 41.7. The Kier molecular flexibility index (Phi) is 12.5. The molecule has 9 rings (SSSR count). The molecule has 310 valence electrons. The Bertz CT molecular complexity index is 2730. The fraction of sp³-hybridized carbons (Fsp3) is 0.315. The van der Waals surface area contributed by atoms with Gasteiger partial charge in [0.1, 0.15) is 6.54 Å². The molecule has 1 atom stereocenters. The minimum Gasteiger partial charge on any atom is -0.344 e. The van der Waals surface area contributed by atoms with Crippen LogP contribution in [-0.2, 0) is 11.2 Å². The highest BCUT2D eigenvalue weighted by molar-refractivity contribution is 8.05. The lowest BCUT2D eigenvalue weighted by molar-refractivity contribution is -0.438. The first-order valence-corrected chi connectivity index (χ1v) is 24.9. The van der Waals surface area contributed by atoms with Crippen LogP contribution >= 0.6 is 34.9 Å². The molecule has 5 aromatic carbocycles. The monoisotopic (exact) mass is 857 g/mol. The predicted molar refractivity (Wildman–Crippen MR) is 264 cm³/mol. The highest BCUT2D eigenvalue weighted by Crippen LogP contribution is 2.49. The van der Waals surface area contributed by atoms with Gasteiger partial charge in [-0.1, -0.05) is 166 Å². The number of anilines is 1. The quantitative estimate of drug-likeness (QED) is 0.0805. The molecule has 1 unspecified atom stereocenters. The maximum Gasteiger partial charge on any atom is 0.210 e. The minimum absolute atomic E-state index is 0.143. The van der Waals surface area contributed by atoms with Crippen molar-refractivity contribution < 1.29 is 4.58 Å². The lowest BCUT2D eigenvalue weighted by atomic mass is 9.79.